The SMILES string of the molecule is COc1cc(/C=C/C(=O)OC[C@H]2O[C@@](CO)(O[C@H]3O[C@H](CO)[C@@H](OC(=O)/C=C/c4ccc(O)c(OC)c4)[C@H](O)[C@H]3O)[C@@H](OC(=O)/C=C/c3ccc(O)c(OC)c3)[C@H]2O)ccc1O. The van der Waals surface area contributed by atoms with E-state index in [2.05, 4.69) is 0 Å². The number of methoxy groups -OCH3 is 3. The first-order valence-electron chi connectivity index (χ1n) is 18.7. The fourth-order valence-electron chi connectivity index (χ4n) is 6.33. The minimum Gasteiger partial charge on any atom is -0.504 e. The molecule has 2 heterocycles. The molecule has 0 bridgehead atoms. The second-order valence-corrected chi connectivity index (χ2v) is 13.6. The van der Waals surface area contributed by atoms with Crippen LogP contribution in [0, 0.1) is 0 Å². The highest BCUT2D eigenvalue weighted by molar-refractivity contribution is 5.88. The zero-order valence-electron chi connectivity index (χ0n) is 33.4. The number of aromatic hydroxyl groups is 3. The van der Waals surface area contributed by atoms with Crippen molar-refractivity contribution in [1.82, 2.24) is 0 Å². The molecule has 0 unspecified atom stereocenters. The van der Waals surface area contributed by atoms with Crippen LogP contribution in [0.15, 0.2) is 72.8 Å². The Kier molecular flexibility index (Phi) is 15.9. The Labute approximate surface area is 353 Å². The fraction of sp³-hybridized carbons (Fsp3) is 0.357. The van der Waals surface area contributed by atoms with Crippen molar-refractivity contribution in [3.8, 4) is 34.5 Å². The topological polar surface area (TPSA) is 296 Å². The summed E-state index contributed by atoms with van der Waals surface area (Å²) in [5.74, 6) is -5.78. The molecule has 2 aliphatic heterocycles. The van der Waals surface area contributed by atoms with Crippen LogP contribution >= 0.6 is 0 Å². The summed E-state index contributed by atoms with van der Waals surface area (Å²) in [6.45, 7) is -2.85. The van der Waals surface area contributed by atoms with Gasteiger partial charge >= 0.3 is 17.9 Å². The number of phenols is 3. The third-order valence-electron chi connectivity index (χ3n) is 9.56. The van der Waals surface area contributed by atoms with E-state index in [1.54, 1.807) is 0 Å². The molecule has 0 saturated carbocycles. The summed E-state index contributed by atoms with van der Waals surface area (Å²) in [7, 11) is 4.00. The van der Waals surface area contributed by atoms with Gasteiger partial charge in [0.15, 0.2) is 53.0 Å². The number of ether oxygens (including phenoxy) is 9. The molecule has 5 rings (SSSR count). The van der Waals surface area contributed by atoms with Crippen LogP contribution in [0.25, 0.3) is 18.2 Å². The summed E-state index contributed by atoms with van der Waals surface area (Å²) in [6.07, 6.45) is -8.00. The number of benzene rings is 3. The average molecular weight is 871 g/mol. The molecule has 0 amide bonds. The van der Waals surface area contributed by atoms with Crippen LogP contribution < -0.4 is 14.2 Å². The molecule has 20 heteroatoms. The van der Waals surface area contributed by atoms with Crippen LogP contribution in [0.3, 0.4) is 0 Å². The van der Waals surface area contributed by atoms with Gasteiger partial charge in [-0.1, -0.05) is 18.2 Å². The normalized spacial score (nSPS) is 26.1. The van der Waals surface area contributed by atoms with Crippen molar-refractivity contribution < 1.29 is 97.9 Å². The van der Waals surface area contributed by atoms with Crippen molar-refractivity contribution in [2.45, 2.75) is 54.8 Å². The van der Waals surface area contributed by atoms with Gasteiger partial charge in [-0.15, -0.1) is 0 Å². The average Bonchev–Trinajstić information content (AvgIpc) is 3.53. The standard InChI is InChI=1S/C42H46O20/c1-54-28-16-22(4-10-25(28)45)7-13-33(48)57-20-32-36(51)40(60-35(50)15-9-24-6-12-27(47)30(18-24)56-3)42(21-44,61-32)62-41-38(53)37(52)39(31(19-43)58-41)59-34(49)14-8-23-5-11-26(46)29(17-23)55-2/h4-18,31-32,36-41,43-47,51-53H,19-21H2,1-3H3/b13-7+,14-8+,15-9+/t31-,32-,36+,37-,38-,39-,40+,41-,42+/m1/s1. The fourth-order valence-corrected chi connectivity index (χ4v) is 6.33. The van der Waals surface area contributed by atoms with E-state index in [1.807, 2.05) is 0 Å². The molecule has 0 aromatic heterocycles. The number of rotatable bonds is 17. The molecule has 0 aliphatic carbocycles. The van der Waals surface area contributed by atoms with Crippen molar-refractivity contribution in [2.24, 2.45) is 0 Å². The van der Waals surface area contributed by atoms with E-state index in [9.17, 15) is 55.2 Å². The molecule has 8 N–H and O–H groups in total. The van der Waals surface area contributed by atoms with Gasteiger partial charge in [0.25, 0.3) is 0 Å². The first kappa shape index (κ1) is 46.8. The highest BCUT2D eigenvalue weighted by atomic mass is 16.8. The predicted molar refractivity (Wildman–Crippen MR) is 211 cm³/mol. The second-order valence-electron chi connectivity index (χ2n) is 13.6. The van der Waals surface area contributed by atoms with Gasteiger partial charge in [-0.2, -0.15) is 0 Å². The van der Waals surface area contributed by atoms with Crippen molar-refractivity contribution >= 4 is 36.1 Å². The maximum Gasteiger partial charge on any atom is 0.331 e. The minimum atomic E-state index is -2.61. The maximum atomic E-state index is 13.2. The summed E-state index contributed by atoms with van der Waals surface area (Å²) < 4.78 is 48.7. The first-order chi connectivity index (χ1) is 29.6. The number of phenolic OH excluding ortho intramolecular Hbond substituents is 3. The molecule has 2 fully saturated rings. The molecule has 62 heavy (non-hydrogen) atoms. The van der Waals surface area contributed by atoms with Gasteiger partial charge in [-0.05, 0) is 71.3 Å². The summed E-state index contributed by atoms with van der Waals surface area (Å²) >= 11 is 0. The summed E-state index contributed by atoms with van der Waals surface area (Å²) in [5, 5.41) is 84.2. The Morgan fingerprint density at radius 1 is 0.645 bits per heavy atom. The zero-order valence-corrected chi connectivity index (χ0v) is 33.4. The van der Waals surface area contributed by atoms with E-state index in [4.69, 9.17) is 42.6 Å². The van der Waals surface area contributed by atoms with Gasteiger partial charge in [-0.3, -0.25) is 0 Å². The lowest BCUT2D eigenvalue weighted by Gasteiger charge is -2.44. The third kappa shape index (κ3) is 11.2. The quantitative estimate of drug-likeness (QED) is 0.0522. The van der Waals surface area contributed by atoms with Gasteiger partial charge < -0.3 is 83.5 Å². The van der Waals surface area contributed by atoms with Crippen molar-refractivity contribution in [1.29, 1.82) is 0 Å². The second kappa shape index (κ2) is 21.0. The van der Waals surface area contributed by atoms with Crippen LogP contribution in [0.4, 0.5) is 0 Å². The lowest BCUT2D eigenvalue weighted by atomic mass is 9.98. The van der Waals surface area contributed by atoms with Crippen LogP contribution in [0.1, 0.15) is 16.7 Å². The Hall–Kier alpha value is -6.23. The van der Waals surface area contributed by atoms with E-state index in [0.717, 1.165) is 18.2 Å². The zero-order chi connectivity index (χ0) is 45.1. The van der Waals surface area contributed by atoms with Gasteiger partial charge in [-0.25, -0.2) is 14.4 Å². The molecule has 20 nitrogen and oxygen atoms in total. The lowest BCUT2D eigenvalue weighted by molar-refractivity contribution is -0.383. The van der Waals surface area contributed by atoms with Crippen LogP contribution in [-0.2, 0) is 42.8 Å². The molecule has 2 saturated heterocycles. The van der Waals surface area contributed by atoms with Crippen LogP contribution in [-0.4, -0.2) is 155 Å². The molecular weight excluding hydrogens is 824 g/mol. The van der Waals surface area contributed by atoms with E-state index < -0.39 is 92.5 Å². The Bertz CT molecular complexity index is 2130. The predicted octanol–water partition coefficient (Wildman–Crippen LogP) is 0.540. The highest BCUT2D eigenvalue weighted by Gasteiger charge is 2.61. The molecule has 334 valence electrons. The van der Waals surface area contributed by atoms with Crippen molar-refractivity contribution in [2.75, 3.05) is 41.2 Å². The summed E-state index contributed by atoms with van der Waals surface area (Å²) in [4.78, 5) is 38.7. The number of hydrogen-bond donors (Lipinski definition) is 8. The Balaban J connectivity index is 1.34. The van der Waals surface area contributed by atoms with Gasteiger partial charge in [0, 0.05) is 18.2 Å². The van der Waals surface area contributed by atoms with Crippen LogP contribution in [0.5, 0.6) is 34.5 Å². The number of aliphatic hydroxyl groups excluding tert-OH is 5. The summed E-state index contributed by atoms with van der Waals surface area (Å²) in [6, 6.07) is 12.7. The number of aliphatic hydroxyl groups is 5. The maximum absolute atomic E-state index is 13.2. The smallest absolute Gasteiger partial charge is 0.331 e. The number of carbonyl (C=O) groups is 3. The number of hydrogen-bond acceptors (Lipinski definition) is 20. The molecule has 0 spiro atoms. The van der Waals surface area contributed by atoms with Crippen molar-refractivity contribution in [3.05, 3.63) is 89.5 Å². The first-order valence-corrected chi connectivity index (χ1v) is 18.7. The molecule has 0 radical (unpaired) electrons. The van der Waals surface area contributed by atoms with E-state index >= 15 is 0 Å². The lowest BCUT2D eigenvalue weighted by Crippen LogP contribution is -2.63. The molecule has 3 aromatic rings. The minimum absolute atomic E-state index is 0.0980. The molecule has 2 aliphatic rings. The van der Waals surface area contributed by atoms with E-state index in [0.29, 0.717) is 16.7 Å². The number of esters is 3. The van der Waals surface area contributed by atoms with E-state index in [-0.39, 0.29) is 34.5 Å². The third-order valence-corrected chi connectivity index (χ3v) is 9.56. The van der Waals surface area contributed by atoms with E-state index in [1.165, 1.54) is 94.2 Å². The number of carbonyl (C=O) groups excluding carboxylic acids is 3. The van der Waals surface area contributed by atoms with Gasteiger partial charge in [0.2, 0.25) is 5.79 Å². The van der Waals surface area contributed by atoms with Crippen LogP contribution in [0.2, 0.25) is 0 Å². The Morgan fingerprint density at radius 3 is 1.56 bits per heavy atom. The monoisotopic (exact) mass is 870 g/mol. The molecular formula is C42H46O20. The van der Waals surface area contributed by atoms with Gasteiger partial charge in [0.1, 0.15) is 43.7 Å². The van der Waals surface area contributed by atoms with Crippen molar-refractivity contribution in [3.63, 3.8) is 0 Å². The molecule has 3 aromatic carbocycles. The largest absolute Gasteiger partial charge is 0.504 e. The highest BCUT2D eigenvalue weighted by Crippen LogP contribution is 2.39. The molecule has 9 atom stereocenters. The summed E-state index contributed by atoms with van der Waals surface area (Å²) in [5.41, 5.74) is 1.25. The van der Waals surface area contributed by atoms with Gasteiger partial charge in [0.05, 0.1) is 27.9 Å². The Morgan fingerprint density at radius 2 is 1.11 bits per heavy atom.